The van der Waals surface area contributed by atoms with Crippen LogP contribution in [0.5, 0.6) is 11.5 Å². The molecule has 3 rings (SSSR count). The molecule has 0 radical (unpaired) electrons. The molecule has 0 unspecified atom stereocenters. The molecule has 2 heterocycles. The van der Waals surface area contributed by atoms with Crippen molar-refractivity contribution in [3.05, 3.63) is 40.3 Å². The summed E-state index contributed by atoms with van der Waals surface area (Å²) in [6, 6.07) is 2.40. The molecule has 0 saturated carbocycles. The van der Waals surface area contributed by atoms with Gasteiger partial charge in [0.05, 0.1) is 37.7 Å². The van der Waals surface area contributed by atoms with Crippen LogP contribution in [-0.2, 0) is 10.0 Å². The van der Waals surface area contributed by atoms with Gasteiger partial charge in [-0.3, -0.25) is 14.9 Å². The van der Waals surface area contributed by atoms with E-state index in [0.29, 0.717) is 6.42 Å². The second kappa shape index (κ2) is 8.67. The van der Waals surface area contributed by atoms with Gasteiger partial charge in [0.25, 0.3) is 21.6 Å². The lowest BCUT2D eigenvalue weighted by molar-refractivity contribution is -0.385. The first-order valence-electron chi connectivity index (χ1n) is 8.97. The maximum Gasteiger partial charge on any atom is 0.286 e. The molecule has 1 saturated heterocycles. The Labute approximate surface area is 172 Å². The van der Waals surface area contributed by atoms with Gasteiger partial charge in [-0.25, -0.2) is 13.4 Å². The summed E-state index contributed by atoms with van der Waals surface area (Å²) in [6.45, 7) is 0.588. The molecule has 1 aliphatic heterocycles. The molecular formula is C17H21N5O7S. The van der Waals surface area contributed by atoms with E-state index in [1.54, 1.807) is 0 Å². The highest BCUT2D eigenvalue weighted by Gasteiger charge is 2.32. The monoisotopic (exact) mass is 439 g/mol. The molecule has 0 spiro atoms. The van der Waals surface area contributed by atoms with Crippen LogP contribution in [-0.4, -0.2) is 78.8 Å². The Hall–Kier alpha value is -3.19. The summed E-state index contributed by atoms with van der Waals surface area (Å²) in [5.74, 6) is -0.262. The maximum absolute atomic E-state index is 13.1. The van der Waals surface area contributed by atoms with Gasteiger partial charge in [-0.2, -0.15) is 4.31 Å². The molecule has 162 valence electrons. The number of nitro groups is 1. The van der Waals surface area contributed by atoms with Gasteiger partial charge < -0.3 is 19.4 Å². The smallest absolute Gasteiger partial charge is 0.286 e. The number of rotatable bonds is 6. The molecule has 30 heavy (non-hydrogen) atoms. The highest BCUT2D eigenvalue weighted by molar-refractivity contribution is 7.89. The molecular weight excluding hydrogens is 418 g/mol. The Balaban J connectivity index is 1.85. The number of hydrogen-bond donors (Lipinski definition) is 1. The summed E-state index contributed by atoms with van der Waals surface area (Å²) < 4.78 is 36.9. The number of H-pyrrole nitrogens is 1. The summed E-state index contributed by atoms with van der Waals surface area (Å²) in [4.78, 5) is 31.6. The number of ether oxygens (including phenoxy) is 2. The number of aromatic amines is 1. The lowest BCUT2D eigenvalue weighted by Gasteiger charge is -2.22. The van der Waals surface area contributed by atoms with Gasteiger partial charge in [0.1, 0.15) is 5.56 Å². The molecule has 2 aromatic rings. The van der Waals surface area contributed by atoms with Crippen molar-refractivity contribution in [3.8, 4) is 11.5 Å². The first kappa shape index (κ1) is 21.5. The number of amides is 1. The third kappa shape index (κ3) is 4.07. The standard InChI is InChI=1S/C17H21N5O7S/c1-28-14-8-12(13(22(24)25)9-15(14)29-2)17(23)20-4-3-5-21(7-6-20)30(26,27)16-10-18-11-19-16/h8-11H,3-7H2,1-2H3,(H,18,19). The fourth-order valence-corrected chi connectivity index (χ4v) is 4.59. The summed E-state index contributed by atoms with van der Waals surface area (Å²) in [5, 5.41) is 11.5. The van der Waals surface area contributed by atoms with Crippen LogP contribution in [0.2, 0.25) is 0 Å². The topological polar surface area (TPSA) is 148 Å². The van der Waals surface area contributed by atoms with Crippen molar-refractivity contribution in [1.82, 2.24) is 19.2 Å². The number of aromatic nitrogens is 2. The van der Waals surface area contributed by atoms with E-state index in [0.717, 1.165) is 6.07 Å². The van der Waals surface area contributed by atoms with E-state index in [1.807, 2.05) is 0 Å². The molecule has 1 aliphatic rings. The van der Waals surface area contributed by atoms with Gasteiger partial charge in [0.15, 0.2) is 16.5 Å². The van der Waals surface area contributed by atoms with Crippen LogP contribution in [0.1, 0.15) is 16.8 Å². The Morgan fingerprint density at radius 3 is 2.47 bits per heavy atom. The van der Waals surface area contributed by atoms with Gasteiger partial charge in [0.2, 0.25) is 0 Å². The number of imidazole rings is 1. The van der Waals surface area contributed by atoms with Gasteiger partial charge in [-0.15, -0.1) is 0 Å². The van der Waals surface area contributed by atoms with Gasteiger partial charge in [-0.1, -0.05) is 0 Å². The Bertz CT molecular complexity index is 1040. The van der Waals surface area contributed by atoms with E-state index in [2.05, 4.69) is 9.97 Å². The van der Waals surface area contributed by atoms with E-state index in [4.69, 9.17) is 9.47 Å². The van der Waals surface area contributed by atoms with E-state index in [9.17, 15) is 23.3 Å². The van der Waals surface area contributed by atoms with Crippen molar-refractivity contribution in [2.75, 3.05) is 40.4 Å². The zero-order valence-electron chi connectivity index (χ0n) is 16.4. The third-order valence-electron chi connectivity index (χ3n) is 4.76. The predicted octanol–water partition coefficient (Wildman–Crippen LogP) is 0.872. The van der Waals surface area contributed by atoms with Crippen molar-refractivity contribution in [2.24, 2.45) is 0 Å². The lowest BCUT2D eigenvalue weighted by Crippen LogP contribution is -2.37. The lowest BCUT2D eigenvalue weighted by atomic mass is 10.1. The summed E-state index contributed by atoms with van der Waals surface area (Å²) >= 11 is 0. The van der Waals surface area contributed by atoms with Gasteiger partial charge >= 0.3 is 0 Å². The number of sulfonamides is 1. The number of nitrogens with zero attached hydrogens (tertiary/aromatic N) is 4. The third-order valence-corrected chi connectivity index (χ3v) is 6.59. The molecule has 0 aliphatic carbocycles. The number of carbonyl (C=O) groups excluding carboxylic acids is 1. The van der Waals surface area contributed by atoms with E-state index >= 15 is 0 Å². The van der Waals surface area contributed by atoms with Crippen LogP contribution in [0.4, 0.5) is 5.69 Å². The highest BCUT2D eigenvalue weighted by atomic mass is 32.2. The minimum atomic E-state index is -3.76. The van der Waals surface area contributed by atoms with E-state index < -0.39 is 26.5 Å². The molecule has 1 N–H and O–H groups in total. The Kier molecular flexibility index (Phi) is 6.22. The van der Waals surface area contributed by atoms with Crippen LogP contribution in [0.15, 0.2) is 29.7 Å². The first-order chi connectivity index (χ1) is 14.3. The quantitative estimate of drug-likeness (QED) is 0.515. The van der Waals surface area contributed by atoms with Crippen LogP contribution in [0, 0.1) is 10.1 Å². The summed E-state index contributed by atoms with van der Waals surface area (Å²) in [5.41, 5.74) is -0.564. The summed E-state index contributed by atoms with van der Waals surface area (Å²) in [6.07, 6.45) is 2.87. The Morgan fingerprint density at radius 2 is 1.87 bits per heavy atom. The maximum atomic E-state index is 13.1. The highest BCUT2D eigenvalue weighted by Crippen LogP contribution is 2.35. The second-order valence-corrected chi connectivity index (χ2v) is 8.35. The molecule has 0 atom stereocenters. The molecule has 1 aromatic carbocycles. The van der Waals surface area contributed by atoms with E-state index in [1.165, 1.54) is 42.0 Å². The SMILES string of the molecule is COc1cc(C(=O)N2CCCN(S(=O)(=O)c3cnc[nH]3)CC2)c([N+](=O)[O-])cc1OC. The predicted molar refractivity (Wildman–Crippen MR) is 104 cm³/mol. The average Bonchev–Trinajstić information content (AvgIpc) is 3.17. The van der Waals surface area contributed by atoms with Gasteiger partial charge in [-0.05, 0) is 6.42 Å². The molecule has 1 fully saturated rings. The van der Waals surface area contributed by atoms with Crippen molar-refractivity contribution in [1.29, 1.82) is 0 Å². The molecule has 1 aromatic heterocycles. The molecule has 1 amide bonds. The van der Waals surface area contributed by atoms with E-state index in [-0.39, 0.29) is 48.3 Å². The van der Waals surface area contributed by atoms with Crippen molar-refractivity contribution < 1.29 is 27.6 Å². The number of nitro benzene ring substituents is 1. The van der Waals surface area contributed by atoms with Crippen LogP contribution in [0.3, 0.4) is 0 Å². The fraction of sp³-hybridized carbons (Fsp3) is 0.412. The van der Waals surface area contributed by atoms with Crippen LogP contribution in [0.25, 0.3) is 0 Å². The van der Waals surface area contributed by atoms with Crippen LogP contribution >= 0.6 is 0 Å². The van der Waals surface area contributed by atoms with Crippen LogP contribution < -0.4 is 9.47 Å². The molecule has 12 nitrogen and oxygen atoms in total. The number of carbonyl (C=O) groups is 1. The minimum absolute atomic E-state index is 0.0298. The molecule has 13 heteroatoms. The number of hydrogen-bond acceptors (Lipinski definition) is 8. The number of nitrogens with one attached hydrogen (secondary N) is 1. The fourth-order valence-electron chi connectivity index (χ4n) is 3.22. The zero-order valence-corrected chi connectivity index (χ0v) is 17.2. The van der Waals surface area contributed by atoms with Crippen molar-refractivity contribution in [3.63, 3.8) is 0 Å². The van der Waals surface area contributed by atoms with Crippen molar-refractivity contribution in [2.45, 2.75) is 11.4 Å². The molecule has 0 bridgehead atoms. The average molecular weight is 439 g/mol. The first-order valence-corrected chi connectivity index (χ1v) is 10.4. The minimum Gasteiger partial charge on any atom is -0.493 e. The zero-order chi connectivity index (χ0) is 21.9. The Morgan fingerprint density at radius 1 is 1.17 bits per heavy atom. The second-order valence-electron chi connectivity index (χ2n) is 6.45. The van der Waals surface area contributed by atoms with Crippen molar-refractivity contribution >= 4 is 21.6 Å². The normalized spacial score (nSPS) is 15.5. The number of methoxy groups -OCH3 is 2. The van der Waals surface area contributed by atoms with Gasteiger partial charge in [0, 0.05) is 32.2 Å². The summed E-state index contributed by atoms with van der Waals surface area (Å²) in [7, 11) is -1.06. The number of benzene rings is 1. The largest absolute Gasteiger partial charge is 0.493 e.